The van der Waals surface area contributed by atoms with E-state index < -0.39 is 5.97 Å². The number of carboxylic acid groups (broad SMARTS) is 1. The fourth-order valence-electron chi connectivity index (χ4n) is 2.24. The Labute approximate surface area is 109 Å². The van der Waals surface area contributed by atoms with Crippen LogP contribution in [-0.4, -0.2) is 28.1 Å². The molecule has 0 radical (unpaired) electrons. The SMILES string of the molecule is Cc1cc(CN(C(C)C)C(C)C)ccc1C(=O)O. The molecule has 0 unspecified atom stereocenters. The lowest BCUT2D eigenvalue weighted by molar-refractivity contribution is 0.0696. The molecule has 1 N–H and O–H groups in total. The lowest BCUT2D eigenvalue weighted by atomic mass is 10.0. The standard InChI is InChI=1S/C15H23NO2/c1-10(2)16(11(3)4)9-13-6-7-14(15(17)18)12(5)8-13/h6-8,10-11H,9H2,1-5H3,(H,17,18). The zero-order chi connectivity index (χ0) is 13.9. The van der Waals surface area contributed by atoms with E-state index in [1.165, 1.54) is 5.56 Å². The maximum Gasteiger partial charge on any atom is 0.335 e. The van der Waals surface area contributed by atoms with Crippen molar-refractivity contribution in [1.29, 1.82) is 0 Å². The van der Waals surface area contributed by atoms with Crippen molar-refractivity contribution >= 4 is 5.97 Å². The van der Waals surface area contributed by atoms with Gasteiger partial charge in [-0.1, -0.05) is 12.1 Å². The summed E-state index contributed by atoms with van der Waals surface area (Å²) in [7, 11) is 0. The number of aromatic carboxylic acids is 1. The molecule has 0 bridgehead atoms. The van der Waals surface area contributed by atoms with Crippen molar-refractivity contribution in [2.24, 2.45) is 0 Å². The molecule has 3 heteroatoms. The Morgan fingerprint density at radius 1 is 1.22 bits per heavy atom. The summed E-state index contributed by atoms with van der Waals surface area (Å²) in [6, 6.07) is 6.54. The number of hydrogen-bond donors (Lipinski definition) is 1. The summed E-state index contributed by atoms with van der Waals surface area (Å²) in [5.74, 6) is -0.858. The van der Waals surface area contributed by atoms with Gasteiger partial charge in [-0.2, -0.15) is 0 Å². The normalized spacial score (nSPS) is 11.6. The van der Waals surface area contributed by atoms with Crippen LogP contribution in [0.2, 0.25) is 0 Å². The minimum absolute atomic E-state index is 0.388. The quantitative estimate of drug-likeness (QED) is 0.870. The molecule has 0 spiro atoms. The average Bonchev–Trinajstić information content (AvgIpc) is 2.24. The van der Waals surface area contributed by atoms with Crippen LogP contribution in [-0.2, 0) is 6.54 Å². The highest BCUT2D eigenvalue weighted by atomic mass is 16.4. The lowest BCUT2D eigenvalue weighted by Crippen LogP contribution is -2.36. The summed E-state index contributed by atoms with van der Waals surface area (Å²) in [5, 5.41) is 9.00. The second-order valence-corrected chi connectivity index (χ2v) is 5.31. The van der Waals surface area contributed by atoms with Crippen LogP contribution < -0.4 is 0 Å². The summed E-state index contributed by atoms with van der Waals surface area (Å²) >= 11 is 0. The molecule has 0 amide bonds. The van der Waals surface area contributed by atoms with E-state index in [9.17, 15) is 4.79 Å². The number of aryl methyl sites for hydroxylation is 1. The van der Waals surface area contributed by atoms with Crippen molar-refractivity contribution in [3.8, 4) is 0 Å². The maximum atomic E-state index is 11.0. The minimum atomic E-state index is -0.858. The Kier molecular flexibility index (Phi) is 4.91. The molecule has 3 nitrogen and oxygen atoms in total. The third-order valence-corrected chi connectivity index (χ3v) is 3.21. The molecule has 0 atom stereocenters. The van der Waals surface area contributed by atoms with Gasteiger partial charge in [-0.25, -0.2) is 4.79 Å². The first-order chi connectivity index (χ1) is 8.32. The summed E-state index contributed by atoms with van der Waals surface area (Å²) in [6.07, 6.45) is 0. The molecule has 0 aliphatic rings. The van der Waals surface area contributed by atoms with Crippen LogP contribution in [0.15, 0.2) is 18.2 Å². The summed E-state index contributed by atoms with van der Waals surface area (Å²) in [5.41, 5.74) is 2.38. The largest absolute Gasteiger partial charge is 0.478 e. The topological polar surface area (TPSA) is 40.5 Å². The van der Waals surface area contributed by atoms with Gasteiger partial charge >= 0.3 is 5.97 Å². The van der Waals surface area contributed by atoms with Crippen molar-refractivity contribution in [1.82, 2.24) is 4.90 Å². The van der Waals surface area contributed by atoms with Gasteiger partial charge in [-0.15, -0.1) is 0 Å². The molecule has 0 fully saturated rings. The van der Waals surface area contributed by atoms with Gasteiger partial charge in [-0.05, 0) is 51.8 Å². The highest BCUT2D eigenvalue weighted by Gasteiger charge is 2.14. The van der Waals surface area contributed by atoms with Gasteiger partial charge < -0.3 is 5.11 Å². The third-order valence-electron chi connectivity index (χ3n) is 3.21. The van der Waals surface area contributed by atoms with Crippen molar-refractivity contribution in [2.45, 2.75) is 53.2 Å². The van der Waals surface area contributed by atoms with E-state index in [0.29, 0.717) is 17.6 Å². The second-order valence-electron chi connectivity index (χ2n) is 5.31. The van der Waals surface area contributed by atoms with E-state index >= 15 is 0 Å². The van der Waals surface area contributed by atoms with Crippen LogP contribution in [0.5, 0.6) is 0 Å². The van der Waals surface area contributed by atoms with Crippen LogP contribution in [0.25, 0.3) is 0 Å². The van der Waals surface area contributed by atoms with Crippen molar-refractivity contribution in [3.05, 3.63) is 34.9 Å². The average molecular weight is 249 g/mol. The molecule has 0 aliphatic heterocycles. The van der Waals surface area contributed by atoms with E-state index in [4.69, 9.17) is 5.11 Å². The monoisotopic (exact) mass is 249 g/mol. The number of rotatable bonds is 5. The van der Waals surface area contributed by atoms with E-state index in [-0.39, 0.29) is 0 Å². The van der Waals surface area contributed by atoms with E-state index in [0.717, 1.165) is 12.1 Å². The van der Waals surface area contributed by atoms with Gasteiger partial charge in [0.2, 0.25) is 0 Å². The Morgan fingerprint density at radius 2 is 1.78 bits per heavy atom. The molecule has 0 saturated carbocycles. The lowest BCUT2D eigenvalue weighted by Gasteiger charge is -2.30. The molecule has 0 saturated heterocycles. The van der Waals surface area contributed by atoms with Gasteiger partial charge in [0.1, 0.15) is 0 Å². The first-order valence-corrected chi connectivity index (χ1v) is 6.41. The maximum absolute atomic E-state index is 11.0. The summed E-state index contributed by atoms with van der Waals surface area (Å²) in [6.45, 7) is 11.4. The molecular formula is C15H23NO2. The van der Waals surface area contributed by atoms with E-state index in [1.807, 2.05) is 19.1 Å². The number of hydrogen-bond acceptors (Lipinski definition) is 2. The fourth-order valence-corrected chi connectivity index (χ4v) is 2.24. The van der Waals surface area contributed by atoms with Crippen LogP contribution in [0, 0.1) is 6.92 Å². The van der Waals surface area contributed by atoms with Crippen LogP contribution in [0.4, 0.5) is 0 Å². The zero-order valence-electron chi connectivity index (χ0n) is 11.9. The minimum Gasteiger partial charge on any atom is -0.478 e. The van der Waals surface area contributed by atoms with E-state index in [2.05, 4.69) is 32.6 Å². The number of carboxylic acids is 1. The van der Waals surface area contributed by atoms with Gasteiger partial charge in [-0.3, -0.25) is 4.90 Å². The zero-order valence-corrected chi connectivity index (χ0v) is 11.9. The number of nitrogens with zero attached hydrogens (tertiary/aromatic N) is 1. The number of carbonyl (C=O) groups is 1. The predicted molar refractivity (Wildman–Crippen MR) is 74.0 cm³/mol. The molecule has 18 heavy (non-hydrogen) atoms. The third kappa shape index (κ3) is 3.57. The van der Waals surface area contributed by atoms with Crippen LogP contribution in [0.1, 0.15) is 49.2 Å². The van der Waals surface area contributed by atoms with Crippen molar-refractivity contribution < 1.29 is 9.90 Å². The highest BCUT2D eigenvalue weighted by molar-refractivity contribution is 5.89. The molecule has 0 heterocycles. The Bertz CT molecular complexity index is 417. The van der Waals surface area contributed by atoms with Gasteiger partial charge in [0, 0.05) is 18.6 Å². The fraction of sp³-hybridized carbons (Fsp3) is 0.533. The van der Waals surface area contributed by atoms with E-state index in [1.54, 1.807) is 6.07 Å². The van der Waals surface area contributed by atoms with Crippen molar-refractivity contribution in [2.75, 3.05) is 0 Å². The first-order valence-electron chi connectivity index (χ1n) is 6.41. The molecule has 0 aromatic heterocycles. The molecule has 1 aromatic carbocycles. The number of benzene rings is 1. The van der Waals surface area contributed by atoms with Gasteiger partial charge in [0.15, 0.2) is 0 Å². The molecule has 1 aromatic rings. The molecule has 100 valence electrons. The molecule has 1 rings (SSSR count). The smallest absolute Gasteiger partial charge is 0.335 e. The predicted octanol–water partition coefficient (Wildman–Crippen LogP) is 3.31. The van der Waals surface area contributed by atoms with Crippen molar-refractivity contribution in [3.63, 3.8) is 0 Å². The van der Waals surface area contributed by atoms with Gasteiger partial charge in [0.05, 0.1) is 5.56 Å². The highest BCUT2D eigenvalue weighted by Crippen LogP contribution is 2.16. The molecular weight excluding hydrogens is 226 g/mol. The Morgan fingerprint density at radius 3 is 2.17 bits per heavy atom. The van der Waals surface area contributed by atoms with Crippen LogP contribution >= 0.6 is 0 Å². The second kappa shape index (κ2) is 6.01. The first kappa shape index (κ1) is 14.7. The summed E-state index contributed by atoms with van der Waals surface area (Å²) < 4.78 is 0. The van der Waals surface area contributed by atoms with Crippen LogP contribution in [0.3, 0.4) is 0 Å². The van der Waals surface area contributed by atoms with Gasteiger partial charge in [0.25, 0.3) is 0 Å². The Balaban J connectivity index is 2.92. The Hall–Kier alpha value is -1.35. The summed E-state index contributed by atoms with van der Waals surface area (Å²) in [4.78, 5) is 13.3. The molecule has 0 aliphatic carbocycles.